The Balaban J connectivity index is 1.60. The molecule has 0 aromatic heterocycles. The molecule has 1 amide bonds. The smallest absolute Gasteiger partial charge is 0.243 e. The number of carbonyl (C=O) groups is 1. The summed E-state index contributed by atoms with van der Waals surface area (Å²) in [6, 6.07) is 14.9. The SMILES string of the molecule is CSc1ccc(CN(C)C(=O)Cc2ccc(S(=O)(=O)N3CCCCC3)cc2)cc1. The maximum atomic E-state index is 12.7. The van der Waals surface area contributed by atoms with E-state index in [0.717, 1.165) is 30.4 Å². The first-order valence-electron chi connectivity index (χ1n) is 9.86. The minimum Gasteiger partial charge on any atom is -0.341 e. The second-order valence-corrected chi connectivity index (χ2v) is 10.2. The van der Waals surface area contributed by atoms with E-state index in [1.54, 1.807) is 52.3 Å². The van der Waals surface area contributed by atoms with Gasteiger partial charge in [-0.15, -0.1) is 11.8 Å². The average Bonchev–Trinajstić information content (AvgIpc) is 2.75. The van der Waals surface area contributed by atoms with Crippen molar-refractivity contribution < 1.29 is 13.2 Å². The summed E-state index contributed by atoms with van der Waals surface area (Å²) in [4.78, 5) is 15.8. The molecule has 156 valence electrons. The Morgan fingerprint density at radius 2 is 1.55 bits per heavy atom. The standard InChI is InChI=1S/C22H28N2O3S2/c1-23(17-19-6-10-20(28-2)11-7-19)22(25)16-18-8-12-21(13-9-18)29(26,27)24-14-4-3-5-15-24/h6-13H,3-5,14-17H2,1-2H3. The van der Waals surface area contributed by atoms with Crippen LogP contribution < -0.4 is 0 Å². The summed E-state index contributed by atoms with van der Waals surface area (Å²) in [6.07, 6.45) is 5.20. The molecule has 7 heteroatoms. The highest BCUT2D eigenvalue weighted by Gasteiger charge is 2.25. The van der Waals surface area contributed by atoms with Crippen LogP contribution in [-0.4, -0.2) is 49.9 Å². The van der Waals surface area contributed by atoms with Crippen molar-refractivity contribution in [2.75, 3.05) is 26.4 Å². The van der Waals surface area contributed by atoms with Crippen LogP contribution in [0.25, 0.3) is 0 Å². The van der Waals surface area contributed by atoms with Crippen LogP contribution >= 0.6 is 11.8 Å². The summed E-state index contributed by atoms with van der Waals surface area (Å²) < 4.78 is 27.0. The lowest BCUT2D eigenvalue weighted by Gasteiger charge is -2.25. The van der Waals surface area contributed by atoms with Crippen LogP contribution in [0.3, 0.4) is 0 Å². The van der Waals surface area contributed by atoms with E-state index in [1.165, 1.54) is 4.90 Å². The number of carbonyl (C=O) groups excluding carboxylic acids is 1. The van der Waals surface area contributed by atoms with Gasteiger partial charge in [-0.25, -0.2) is 8.42 Å². The molecule has 0 bridgehead atoms. The van der Waals surface area contributed by atoms with Crippen LogP contribution in [0.4, 0.5) is 0 Å². The Morgan fingerprint density at radius 1 is 0.966 bits per heavy atom. The fourth-order valence-corrected chi connectivity index (χ4v) is 5.36. The second-order valence-electron chi connectivity index (χ2n) is 7.38. The van der Waals surface area contributed by atoms with Crippen LogP contribution in [0.2, 0.25) is 0 Å². The van der Waals surface area contributed by atoms with Crippen LogP contribution in [0.15, 0.2) is 58.3 Å². The molecule has 5 nitrogen and oxygen atoms in total. The van der Waals surface area contributed by atoms with Crippen molar-refractivity contribution >= 4 is 27.7 Å². The van der Waals surface area contributed by atoms with Gasteiger partial charge in [-0.1, -0.05) is 30.7 Å². The maximum absolute atomic E-state index is 12.7. The summed E-state index contributed by atoms with van der Waals surface area (Å²) in [5, 5.41) is 0. The number of likely N-dealkylation sites (N-methyl/N-ethyl adjacent to an activating group) is 1. The van der Waals surface area contributed by atoms with Crippen molar-refractivity contribution in [3.05, 3.63) is 59.7 Å². The lowest BCUT2D eigenvalue weighted by Crippen LogP contribution is -2.35. The molecule has 0 spiro atoms. The van der Waals surface area contributed by atoms with Crippen molar-refractivity contribution in [3.63, 3.8) is 0 Å². The number of hydrogen-bond donors (Lipinski definition) is 0. The Kier molecular flexibility index (Phi) is 7.38. The Labute approximate surface area is 178 Å². The van der Waals surface area contributed by atoms with Gasteiger partial charge in [-0.3, -0.25) is 4.79 Å². The van der Waals surface area contributed by atoms with E-state index in [2.05, 4.69) is 12.1 Å². The fraction of sp³-hybridized carbons (Fsp3) is 0.409. The van der Waals surface area contributed by atoms with E-state index in [0.29, 0.717) is 24.5 Å². The first kappa shape index (κ1) is 21.9. The van der Waals surface area contributed by atoms with Gasteiger partial charge in [0, 0.05) is 31.6 Å². The molecule has 2 aromatic rings. The second kappa shape index (κ2) is 9.78. The zero-order chi connectivity index (χ0) is 20.9. The van der Waals surface area contributed by atoms with Crippen molar-refractivity contribution in [2.24, 2.45) is 0 Å². The molecule has 0 aliphatic carbocycles. The van der Waals surface area contributed by atoms with E-state index in [1.807, 2.05) is 18.4 Å². The van der Waals surface area contributed by atoms with E-state index in [4.69, 9.17) is 0 Å². The molecular weight excluding hydrogens is 404 g/mol. The minimum atomic E-state index is -3.43. The summed E-state index contributed by atoms with van der Waals surface area (Å²) in [6.45, 7) is 1.73. The minimum absolute atomic E-state index is 0.00517. The summed E-state index contributed by atoms with van der Waals surface area (Å²) >= 11 is 1.69. The van der Waals surface area contributed by atoms with Gasteiger partial charge in [-0.05, 0) is 54.5 Å². The Morgan fingerprint density at radius 3 is 2.14 bits per heavy atom. The van der Waals surface area contributed by atoms with Gasteiger partial charge in [0.25, 0.3) is 0 Å². The maximum Gasteiger partial charge on any atom is 0.243 e. The third kappa shape index (κ3) is 5.62. The molecule has 0 saturated carbocycles. The van der Waals surface area contributed by atoms with Crippen LogP contribution in [-0.2, 0) is 27.8 Å². The normalized spacial score (nSPS) is 15.2. The monoisotopic (exact) mass is 432 g/mol. The van der Waals surface area contributed by atoms with Gasteiger partial charge in [0.05, 0.1) is 11.3 Å². The van der Waals surface area contributed by atoms with Gasteiger partial charge in [0.15, 0.2) is 0 Å². The van der Waals surface area contributed by atoms with Crippen LogP contribution in [0.5, 0.6) is 0 Å². The molecule has 3 rings (SSSR count). The molecule has 0 radical (unpaired) electrons. The van der Waals surface area contributed by atoms with E-state index < -0.39 is 10.0 Å². The molecule has 1 fully saturated rings. The number of nitrogens with zero attached hydrogens (tertiary/aromatic N) is 2. The number of amides is 1. The largest absolute Gasteiger partial charge is 0.341 e. The molecule has 0 unspecified atom stereocenters. The van der Waals surface area contributed by atoms with E-state index in [9.17, 15) is 13.2 Å². The van der Waals surface area contributed by atoms with Gasteiger partial charge in [0.1, 0.15) is 0 Å². The van der Waals surface area contributed by atoms with E-state index in [-0.39, 0.29) is 12.3 Å². The Hall–Kier alpha value is -1.83. The number of benzene rings is 2. The van der Waals surface area contributed by atoms with Crippen LogP contribution in [0.1, 0.15) is 30.4 Å². The number of sulfonamides is 1. The number of piperidine rings is 1. The number of thioether (sulfide) groups is 1. The molecular formula is C22H28N2O3S2. The highest BCUT2D eigenvalue weighted by atomic mass is 32.2. The van der Waals surface area contributed by atoms with Gasteiger partial charge in [-0.2, -0.15) is 4.31 Å². The van der Waals surface area contributed by atoms with Crippen LogP contribution in [0, 0.1) is 0 Å². The van der Waals surface area contributed by atoms with Crippen molar-refractivity contribution in [3.8, 4) is 0 Å². The average molecular weight is 433 g/mol. The van der Waals surface area contributed by atoms with E-state index >= 15 is 0 Å². The summed E-state index contributed by atoms with van der Waals surface area (Å²) in [7, 11) is -1.64. The molecule has 1 saturated heterocycles. The lowest BCUT2D eigenvalue weighted by molar-refractivity contribution is -0.129. The molecule has 2 aromatic carbocycles. The highest BCUT2D eigenvalue weighted by Crippen LogP contribution is 2.21. The van der Waals surface area contributed by atoms with Gasteiger partial charge in [0.2, 0.25) is 15.9 Å². The zero-order valence-electron chi connectivity index (χ0n) is 17.0. The molecule has 0 N–H and O–H groups in total. The zero-order valence-corrected chi connectivity index (χ0v) is 18.6. The third-order valence-corrected chi connectivity index (χ3v) is 7.89. The van der Waals surface area contributed by atoms with Crippen molar-refractivity contribution in [2.45, 2.75) is 42.0 Å². The predicted octanol–water partition coefficient (Wildman–Crippen LogP) is 3.78. The molecule has 0 atom stereocenters. The van der Waals surface area contributed by atoms with Gasteiger partial charge < -0.3 is 4.90 Å². The molecule has 1 aliphatic rings. The molecule has 1 aliphatic heterocycles. The molecule has 1 heterocycles. The van der Waals surface area contributed by atoms with Gasteiger partial charge >= 0.3 is 0 Å². The van der Waals surface area contributed by atoms with Crippen molar-refractivity contribution in [1.29, 1.82) is 0 Å². The summed E-state index contributed by atoms with van der Waals surface area (Å²) in [5.74, 6) is 0.00517. The van der Waals surface area contributed by atoms with Crippen molar-refractivity contribution in [1.82, 2.24) is 9.21 Å². The quantitative estimate of drug-likeness (QED) is 0.625. The highest BCUT2D eigenvalue weighted by molar-refractivity contribution is 7.98. The first-order chi connectivity index (χ1) is 13.9. The summed E-state index contributed by atoms with van der Waals surface area (Å²) in [5.41, 5.74) is 1.90. The lowest BCUT2D eigenvalue weighted by atomic mass is 10.1. The number of hydrogen-bond acceptors (Lipinski definition) is 4. The fourth-order valence-electron chi connectivity index (χ4n) is 3.44. The predicted molar refractivity (Wildman–Crippen MR) is 117 cm³/mol. The molecule has 29 heavy (non-hydrogen) atoms. The number of rotatable bonds is 7. The first-order valence-corrected chi connectivity index (χ1v) is 12.5. The Bertz CT molecular complexity index is 920. The topological polar surface area (TPSA) is 57.7 Å². The third-order valence-electron chi connectivity index (χ3n) is 5.24.